The van der Waals surface area contributed by atoms with E-state index < -0.39 is 15.8 Å². The number of benzene rings is 2. The van der Waals surface area contributed by atoms with Crippen LogP contribution in [0.2, 0.25) is 0 Å². The van der Waals surface area contributed by atoms with E-state index in [0.29, 0.717) is 0 Å². The molecule has 0 aliphatic heterocycles. The lowest BCUT2D eigenvalue weighted by molar-refractivity contribution is 0.0930. The molecule has 2 aromatic carbocycles. The number of sulfonamides is 1. The molecule has 2 N–H and O–H groups in total. The van der Waals surface area contributed by atoms with Crippen molar-refractivity contribution in [1.29, 1.82) is 0 Å². The van der Waals surface area contributed by atoms with Crippen molar-refractivity contribution < 1.29 is 17.6 Å². The molecule has 1 fully saturated rings. The SMILES string of the molecule is O=C(NC1CCCCCCC1)c1cccc(S(=O)(=O)Nc2ccccc2F)c1. The molecular formula is C21H25FN2O3S. The van der Waals surface area contributed by atoms with E-state index in [9.17, 15) is 17.6 Å². The maximum atomic E-state index is 13.8. The lowest BCUT2D eigenvalue weighted by Gasteiger charge is -2.21. The Bertz CT molecular complexity index is 923. The summed E-state index contributed by atoms with van der Waals surface area (Å²) in [6.07, 6.45) is 7.67. The van der Waals surface area contributed by atoms with Crippen LogP contribution in [0, 0.1) is 5.82 Å². The molecule has 7 heteroatoms. The highest BCUT2D eigenvalue weighted by Gasteiger charge is 2.20. The highest BCUT2D eigenvalue weighted by Crippen LogP contribution is 2.21. The average molecular weight is 405 g/mol. The molecule has 0 spiro atoms. The summed E-state index contributed by atoms with van der Waals surface area (Å²) in [7, 11) is -4.01. The standard InChI is InChI=1S/C21H25FN2O3S/c22-19-13-6-7-14-20(19)24-28(26,27)18-12-8-9-16(15-18)21(25)23-17-10-4-2-1-3-5-11-17/h6-9,12-15,17,24H,1-5,10-11H2,(H,23,25). The van der Waals surface area contributed by atoms with Crippen molar-refractivity contribution in [1.82, 2.24) is 5.32 Å². The van der Waals surface area contributed by atoms with Gasteiger partial charge in [0, 0.05) is 11.6 Å². The van der Waals surface area contributed by atoms with E-state index in [2.05, 4.69) is 10.0 Å². The summed E-state index contributed by atoms with van der Waals surface area (Å²) in [5, 5.41) is 3.03. The quantitative estimate of drug-likeness (QED) is 0.772. The zero-order valence-corrected chi connectivity index (χ0v) is 16.5. The molecule has 1 aliphatic rings. The van der Waals surface area contributed by atoms with Crippen LogP contribution >= 0.6 is 0 Å². The van der Waals surface area contributed by atoms with E-state index >= 15 is 0 Å². The first kappa shape index (κ1) is 20.3. The fraction of sp³-hybridized carbons (Fsp3) is 0.381. The molecule has 0 aromatic heterocycles. The largest absolute Gasteiger partial charge is 0.349 e. The van der Waals surface area contributed by atoms with Gasteiger partial charge >= 0.3 is 0 Å². The highest BCUT2D eigenvalue weighted by atomic mass is 32.2. The Hall–Kier alpha value is -2.41. The number of halogens is 1. The Labute approximate surface area is 165 Å². The highest BCUT2D eigenvalue weighted by molar-refractivity contribution is 7.92. The predicted molar refractivity (Wildman–Crippen MR) is 107 cm³/mol. The summed E-state index contributed by atoms with van der Waals surface area (Å²) < 4.78 is 41.2. The average Bonchev–Trinajstić information content (AvgIpc) is 2.65. The minimum atomic E-state index is -4.01. The van der Waals surface area contributed by atoms with E-state index in [1.807, 2.05) is 0 Å². The van der Waals surface area contributed by atoms with Gasteiger partial charge in [-0.25, -0.2) is 12.8 Å². The number of hydrogen-bond donors (Lipinski definition) is 2. The summed E-state index contributed by atoms with van der Waals surface area (Å²) in [5.41, 5.74) is 0.144. The van der Waals surface area contributed by atoms with Gasteiger partial charge in [-0.1, -0.05) is 50.3 Å². The van der Waals surface area contributed by atoms with Crippen molar-refractivity contribution >= 4 is 21.6 Å². The van der Waals surface area contributed by atoms with Gasteiger partial charge in [0.1, 0.15) is 5.82 Å². The van der Waals surface area contributed by atoms with Gasteiger partial charge in [0.25, 0.3) is 15.9 Å². The van der Waals surface area contributed by atoms with Gasteiger partial charge in [0.15, 0.2) is 0 Å². The van der Waals surface area contributed by atoms with Crippen molar-refractivity contribution in [3.8, 4) is 0 Å². The molecule has 0 bridgehead atoms. The van der Waals surface area contributed by atoms with Gasteiger partial charge in [0.05, 0.1) is 10.6 Å². The van der Waals surface area contributed by atoms with Crippen LogP contribution in [0.3, 0.4) is 0 Å². The summed E-state index contributed by atoms with van der Waals surface area (Å²) >= 11 is 0. The zero-order chi connectivity index (χ0) is 20.0. The first-order valence-electron chi connectivity index (χ1n) is 9.64. The van der Waals surface area contributed by atoms with Gasteiger partial charge in [0.2, 0.25) is 0 Å². The Morgan fingerprint density at radius 1 is 0.929 bits per heavy atom. The summed E-state index contributed by atoms with van der Waals surface area (Å²) in [4.78, 5) is 12.5. The third-order valence-corrected chi connectivity index (χ3v) is 6.33. The summed E-state index contributed by atoms with van der Waals surface area (Å²) in [6.45, 7) is 0. The second-order valence-electron chi connectivity index (χ2n) is 7.13. The number of anilines is 1. The van der Waals surface area contributed by atoms with Gasteiger partial charge in [-0.15, -0.1) is 0 Å². The molecule has 28 heavy (non-hydrogen) atoms. The number of hydrogen-bond acceptors (Lipinski definition) is 3. The molecule has 0 radical (unpaired) electrons. The van der Waals surface area contributed by atoms with E-state index in [1.54, 1.807) is 12.1 Å². The number of amides is 1. The molecular weight excluding hydrogens is 379 g/mol. The van der Waals surface area contributed by atoms with Crippen LogP contribution in [0.25, 0.3) is 0 Å². The fourth-order valence-electron chi connectivity index (χ4n) is 3.42. The summed E-state index contributed by atoms with van der Waals surface area (Å²) in [5.74, 6) is -0.947. The molecule has 1 amide bonds. The van der Waals surface area contributed by atoms with Gasteiger partial charge in [-0.3, -0.25) is 9.52 Å². The lowest BCUT2D eigenvalue weighted by Crippen LogP contribution is -2.35. The second kappa shape index (κ2) is 9.19. The lowest BCUT2D eigenvalue weighted by atomic mass is 9.96. The number of carbonyl (C=O) groups is 1. The normalized spacial score (nSPS) is 16.0. The first-order chi connectivity index (χ1) is 13.5. The molecule has 0 atom stereocenters. The molecule has 0 saturated heterocycles. The Balaban J connectivity index is 1.73. The van der Waals surface area contributed by atoms with Gasteiger partial charge in [-0.2, -0.15) is 0 Å². The molecule has 0 unspecified atom stereocenters. The third-order valence-electron chi connectivity index (χ3n) is 4.97. The maximum Gasteiger partial charge on any atom is 0.262 e. The minimum absolute atomic E-state index is 0.0823. The van der Waals surface area contributed by atoms with Crippen molar-refractivity contribution in [3.63, 3.8) is 0 Å². The number of rotatable bonds is 5. The van der Waals surface area contributed by atoms with Crippen LogP contribution in [0.4, 0.5) is 10.1 Å². The zero-order valence-electron chi connectivity index (χ0n) is 15.7. The summed E-state index contributed by atoms with van der Waals surface area (Å²) in [6, 6.07) is 11.5. The van der Waals surface area contributed by atoms with Crippen LogP contribution in [0.1, 0.15) is 55.3 Å². The molecule has 5 nitrogen and oxygen atoms in total. The molecule has 1 aliphatic carbocycles. The molecule has 150 valence electrons. The Morgan fingerprint density at radius 2 is 1.61 bits per heavy atom. The third kappa shape index (κ3) is 5.32. The second-order valence-corrected chi connectivity index (χ2v) is 8.81. The first-order valence-corrected chi connectivity index (χ1v) is 11.1. The minimum Gasteiger partial charge on any atom is -0.349 e. The van der Waals surface area contributed by atoms with Crippen molar-refractivity contribution in [2.45, 2.75) is 55.9 Å². The Morgan fingerprint density at radius 3 is 2.32 bits per heavy atom. The van der Waals surface area contributed by atoms with E-state index in [4.69, 9.17) is 0 Å². The van der Waals surface area contributed by atoms with Crippen LogP contribution in [-0.4, -0.2) is 20.4 Å². The van der Waals surface area contributed by atoms with Crippen molar-refractivity contribution in [3.05, 3.63) is 59.9 Å². The Kier molecular flexibility index (Phi) is 6.67. The molecule has 1 saturated carbocycles. The van der Waals surface area contributed by atoms with Gasteiger partial charge < -0.3 is 5.32 Å². The monoisotopic (exact) mass is 404 g/mol. The fourth-order valence-corrected chi connectivity index (χ4v) is 4.53. The molecule has 0 heterocycles. The number of para-hydroxylation sites is 1. The maximum absolute atomic E-state index is 13.8. The van der Waals surface area contributed by atoms with Crippen LogP contribution in [0.15, 0.2) is 53.4 Å². The van der Waals surface area contributed by atoms with Crippen molar-refractivity contribution in [2.24, 2.45) is 0 Å². The van der Waals surface area contributed by atoms with Crippen LogP contribution < -0.4 is 10.0 Å². The number of nitrogens with one attached hydrogen (secondary N) is 2. The van der Waals surface area contributed by atoms with E-state index in [0.717, 1.165) is 25.7 Å². The smallest absolute Gasteiger partial charge is 0.262 e. The van der Waals surface area contributed by atoms with Gasteiger partial charge in [-0.05, 0) is 43.2 Å². The van der Waals surface area contributed by atoms with E-state index in [-0.39, 0.29) is 28.1 Å². The van der Waals surface area contributed by atoms with Crippen LogP contribution in [-0.2, 0) is 10.0 Å². The predicted octanol–water partition coefficient (Wildman–Crippen LogP) is 4.47. The van der Waals surface area contributed by atoms with E-state index in [1.165, 1.54) is 55.7 Å². The molecule has 2 aromatic rings. The van der Waals surface area contributed by atoms with Crippen molar-refractivity contribution in [2.75, 3.05) is 4.72 Å². The number of carbonyl (C=O) groups excluding carboxylic acids is 1. The topological polar surface area (TPSA) is 75.3 Å². The van der Waals surface area contributed by atoms with Crippen LogP contribution in [0.5, 0.6) is 0 Å². The molecule has 3 rings (SSSR count).